The summed E-state index contributed by atoms with van der Waals surface area (Å²) in [6.07, 6.45) is 2.91. The first-order chi connectivity index (χ1) is 9.06. The average Bonchev–Trinajstić information content (AvgIpc) is 2.37. The summed E-state index contributed by atoms with van der Waals surface area (Å²) >= 11 is 6.76. The monoisotopic (exact) mass is 385 g/mol. The molecule has 2 aromatic rings. The summed E-state index contributed by atoms with van der Waals surface area (Å²) in [5.74, 6) is 0.679. The minimum atomic E-state index is -0.576. The Kier molecular flexibility index (Phi) is 4.96. The maximum atomic E-state index is 9.75. The molecule has 0 saturated heterocycles. The van der Waals surface area contributed by atoms with Gasteiger partial charge in [-0.05, 0) is 47.1 Å². The Labute approximate surface area is 128 Å². The zero-order chi connectivity index (χ0) is 13.8. The van der Waals surface area contributed by atoms with E-state index in [0.717, 1.165) is 20.1 Å². The van der Waals surface area contributed by atoms with E-state index in [1.807, 2.05) is 24.3 Å². The molecule has 1 N–H and O–H groups in total. The van der Waals surface area contributed by atoms with Crippen LogP contribution in [-0.4, -0.2) is 10.1 Å². The molecule has 0 fully saturated rings. The molecular formula is C14H13Br2NO2. The lowest BCUT2D eigenvalue weighted by Gasteiger charge is -2.14. The van der Waals surface area contributed by atoms with E-state index >= 15 is 0 Å². The van der Waals surface area contributed by atoms with Crippen molar-refractivity contribution in [3.05, 3.63) is 56.7 Å². The van der Waals surface area contributed by atoms with Crippen LogP contribution in [0.1, 0.15) is 24.2 Å². The molecule has 0 amide bonds. The molecule has 1 heterocycles. The summed E-state index contributed by atoms with van der Waals surface area (Å²) in [5, 5.41) is 9.75. The lowest BCUT2D eigenvalue weighted by molar-refractivity contribution is 0.190. The van der Waals surface area contributed by atoms with Crippen LogP contribution in [0, 0.1) is 0 Å². The molecule has 0 radical (unpaired) electrons. The first-order valence-electron chi connectivity index (χ1n) is 5.76. The Hall–Kier alpha value is -0.910. The van der Waals surface area contributed by atoms with E-state index in [1.54, 1.807) is 19.3 Å². The lowest BCUT2D eigenvalue weighted by Crippen LogP contribution is -2.01. The highest BCUT2D eigenvalue weighted by atomic mass is 79.9. The second-order valence-corrected chi connectivity index (χ2v) is 5.99. The Bertz CT molecular complexity index is 573. The maximum Gasteiger partial charge on any atom is 0.125 e. The van der Waals surface area contributed by atoms with Crippen molar-refractivity contribution in [1.82, 2.24) is 4.98 Å². The van der Waals surface area contributed by atoms with Gasteiger partial charge in [0.25, 0.3) is 0 Å². The molecular weight excluding hydrogens is 374 g/mol. The second kappa shape index (κ2) is 6.50. The largest absolute Gasteiger partial charge is 0.488 e. The quantitative estimate of drug-likeness (QED) is 0.854. The average molecular weight is 387 g/mol. The number of hydrogen-bond acceptors (Lipinski definition) is 3. The minimum Gasteiger partial charge on any atom is -0.488 e. The zero-order valence-corrected chi connectivity index (χ0v) is 13.5. The van der Waals surface area contributed by atoms with Crippen LogP contribution in [0.3, 0.4) is 0 Å². The highest BCUT2D eigenvalue weighted by Gasteiger charge is 2.10. The van der Waals surface area contributed by atoms with E-state index in [0.29, 0.717) is 12.4 Å². The van der Waals surface area contributed by atoms with Gasteiger partial charge in [0.05, 0.1) is 6.10 Å². The molecule has 0 unspecified atom stereocenters. The molecule has 1 aromatic carbocycles. The minimum absolute atomic E-state index is 0.411. The van der Waals surface area contributed by atoms with Gasteiger partial charge in [-0.25, -0.2) is 0 Å². The van der Waals surface area contributed by atoms with Crippen LogP contribution in [0.2, 0.25) is 0 Å². The fourth-order valence-corrected chi connectivity index (χ4v) is 2.46. The van der Waals surface area contributed by atoms with Gasteiger partial charge in [0.15, 0.2) is 0 Å². The topological polar surface area (TPSA) is 42.4 Å². The third kappa shape index (κ3) is 4.03. The molecule has 19 heavy (non-hydrogen) atoms. The van der Waals surface area contributed by atoms with Crippen LogP contribution in [-0.2, 0) is 6.61 Å². The van der Waals surface area contributed by atoms with Gasteiger partial charge in [0.2, 0.25) is 0 Å². The standard InChI is InChI=1S/C14H13Br2NO2/c1-9(18)13-5-11(15)2-3-14(13)19-8-10-4-12(16)7-17-6-10/h2-7,9,18H,8H2,1H3/t9-/m0/s1. The highest BCUT2D eigenvalue weighted by Crippen LogP contribution is 2.29. The summed E-state index contributed by atoms with van der Waals surface area (Å²) in [5.41, 5.74) is 1.73. The SMILES string of the molecule is C[C@H](O)c1cc(Br)ccc1OCc1cncc(Br)c1. The molecule has 0 aliphatic heterocycles. The Morgan fingerprint density at radius 3 is 2.68 bits per heavy atom. The Morgan fingerprint density at radius 1 is 1.21 bits per heavy atom. The number of pyridine rings is 1. The molecule has 1 atom stereocenters. The smallest absolute Gasteiger partial charge is 0.125 e. The highest BCUT2D eigenvalue weighted by molar-refractivity contribution is 9.10. The maximum absolute atomic E-state index is 9.75. The number of aliphatic hydroxyl groups excluding tert-OH is 1. The van der Waals surface area contributed by atoms with Crippen molar-refractivity contribution in [1.29, 1.82) is 0 Å². The van der Waals surface area contributed by atoms with Crippen LogP contribution >= 0.6 is 31.9 Å². The predicted octanol–water partition coefficient (Wildman–Crippen LogP) is 4.24. The number of halogens is 2. The van der Waals surface area contributed by atoms with Gasteiger partial charge in [0.1, 0.15) is 12.4 Å². The fraction of sp³-hybridized carbons (Fsp3) is 0.214. The van der Waals surface area contributed by atoms with Gasteiger partial charge >= 0.3 is 0 Å². The van der Waals surface area contributed by atoms with E-state index in [2.05, 4.69) is 36.8 Å². The number of ether oxygens (including phenoxy) is 1. The van der Waals surface area contributed by atoms with Crippen molar-refractivity contribution in [2.45, 2.75) is 19.6 Å². The van der Waals surface area contributed by atoms with Gasteiger partial charge in [-0.1, -0.05) is 15.9 Å². The predicted molar refractivity (Wildman–Crippen MR) is 81.0 cm³/mol. The van der Waals surface area contributed by atoms with Crippen molar-refractivity contribution in [2.24, 2.45) is 0 Å². The van der Waals surface area contributed by atoms with Gasteiger partial charge in [-0.2, -0.15) is 0 Å². The van der Waals surface area contributed by atoms with Crippen molar-refractivity contribution < 1.29 is 9.84 Å². The Balaban J connectivity index is 2.15. The van der Waals surface area contributed by atoms with Crippen LogP contribution in [0.5, 0.6) is 5.75 Å². The van der Waals surface area contributed by atoms with Crippen LogP contribution in [0.4, 0.5) is 0 Å². The molecule has 3 nitrogen and oxygen atoms in total. The van der Waals surface area contributed by atoms with Crippen LogP contribution in [0.15, 0.2) is 45.6 Å². The van der Waals surface area contributed by atoms with E-state index in [1.165, 1.54) is 0 Å². The summed E-state index contributed by atoms with van der Waals surface area (Å²) in [6.45, 7) is 2.13. The van der Waals surface area contributed by atoms with Crippen molar-refractivity contribution >= 4 is 31.9 Å². The van der Waals surface area contributed by atoms with Crippen LogP contribution < -0.4 is 4.74 Å². The molecule has 0 bridgehead atoms. The molecule has 0 saturated carbocycles. The van der Waals surface area contributed by atoms with Gasteiger partial charge in [-0.3, -0.25) is 4.98 Å². The third-order valence-electron chi connectivity index (χ3n) is 2.58. The number of aromatic nitrogens is 1. The fourth-order valence-electron chi connectivity index (χ4n) is 1.67. The van der Waals surface area contributed by atoms with Crippen LogP contribution in [0.25, 0.3) is 0 Å². The molecule has 0 spiro atoms. The number of hydrogen-bond donors (Lipinski definition) is 1. The van der Waals surface area contributed by atoms with E-state index in [-0.39, 0.29) is 0 Å². The van der Waals surface area contributed by atoms with Crippen molar-refractivity contribution in [3.8, 4) is 5.75 Å². The zero-order valence-electron chi connectivity index (χ0n) is 10.3. The van der Waals surface area contributed by atoms with Gasteiger partial charge < -0.3 is 9.84 Å². The van der Waals surface area contributed by atoms with E-state index in [9.17, 15) is 5.11 Å². The number of nitrogens with zero attached hydrogens (tertiary/aromatic N) is 1. The van der Waals surface area contributed by atoms with Gasteiger partial charge in [-0.15, -0.1) is 0 Å². The Morgan fingerprint density at radius 2 is 2.00 bits per heavy atom. The first-order valence-corrected chi connectivity index (χ1v) is 7.34. The van der Waals surface area contributed by atoms with Crippen molar-refractivity contribution in [2.75, 3.05) is 0 Å². The number of benzene rings is 1. The summed E-state index contributed by atoms with van der Waals surface area (Å²) in [4.78, 5) is 4.08. The summed E-state index contributed by atoms with van der Waals surface area (Å²) in [6, 6.07) is 7.55. The molecule has 1 aromatic heterocycles. The molecule has 100 valence electrons. The number of rotatable bonds is 4. The third-order valence-corrected chi connectivity index (χ3v) is 3.50. The van der Waals surface area contributed by atoms with Crippen molar-refractivity contribution in [3.63, 3.8) is 0 Å². The molecule has 5 heteroatoms. The summed E-state index contributed by atoms with van der Waals surface area (Å²) < 4.78 is 7.59. The molecule has 0 aliphatic carbocycles. The van der Waals surface area contributed by atoms with Gasteiger partial charge in [0, 0.05) is 32.5 Å². The molecule has 0 aliphatic rings. The lowest BCUT2D eigenvalue weighted by atomic mass is 10.1. The number of aliphatic hydroxyl groups is 1. The normalized spacial score (nSPS) is 12.2. The van der Waals surface area contributed by atoms with E-state index < -0.39 is 6.10 Å². The molecule has 2 rings (SSSR count). The first kappa shape index (κ1) is 14.5. The summed E-state index contributed by atoms with van der Waals surface area (Å²) in [7, 11) is 0. The second-order valence-electron chi connectivity index (χ2n) is 4.16. The van der Waals surface area contributed by atoms with E-state index in [4.69, 9.17) is 4.74 Å².